The lowest BCUT2D eigenvalue weighted by Crippen LogP contribution is -2.34. The average Bonchev–Trinajstić information content (AvgIpc) is 3.01. The normalized spacial score (nSPS) is 20.3. The van der Waals surface area contributed by atoms with E-state index in [0.29, 0.717) is 6.42 Å². The number of benzene rings is 2. The molecule has 126 valence electrons. The van der Waals surface area contributed by atoms with Crippen LogP contribution in [0.2, 0.25) is 0 Å². The lowest BCUT2D eigenvalue weighted by Gasteiger charge is -2.22. The smallest absolute Gasteiger partial charge is 0.223 e. The van der Waals surface area contributed by atoms with Crippen LogP contribution in [0, 0.1) is 17.6 Å². The van der Waals surface area contributed by atoms with E-state index in [2.05, 4.69) is 5.32 Å². The first-order chi connectivity index (χ1) is 11.5. The summed E-state index contributed by atoms with van der Waals surface area (Å²) in [5, 5.41) is 3.01. The van der Waals surface area contributed by atoms with Gasteiger partial charge < -0.3 is 11.1 Å². The lowest BCUT2D eigenvalue weighted by molar-refractivity contribution is -0.125. The molecule has 0 saturated heterocycles. The number of hydrogen-bond acceptors (Lipinski definition) is 2. The van der Waals surface area contributed by atoms with Crippen LogP contribution in [0.4, 0.5) is 8.78 Å². The topological polar surface area (TPSA) is 55.1 Å². The van der Waals surface area contributed by atoms with Crippen LogP contribution in [0.15, 0.2) is 48.5 Å². The number of carbonyl (C=O) groups excluding carboxylic acids is 1. The van der Waals surface area contributed by atoms with Crippen LogP contribution < -0.4 is 11.1 Å². The molecular weight excluding hydrogens is 310 g/mol. The summed E-state index contributed by atoms with van der Waals surface area (Å²) in [6, 6.07) is 11.5. The molecule has 0 radical (unpaired) electrons. The van der Waals surface area contributed by atoms with E-state index < -0.39 is 6.04 Å². The Kier molecular flexibility index (Phi) is 4.90. The standard InChI is InChI=1S/C19H20F2N2O/c20-15-6-1-12(2-7-15)18(13-3-8-16(21)9-4-13)23-19(24)14-5-10-17(22)11-14/h1-4,6-9,14,17-18H,5,10-11,22H2,(H,23,24). The van der Waals surface area contributed by atoms with Crippen molar-refractivity contribution in [2.24, 2.45) is 11.7 Å². The molecule has 1 aliphatic carbocycles. The molecule has 0 heterocycles. The predicted octanol–water partition coefficient (Wildman–Crippen LogP) is 3.30. The Hall–Kier alpha value is -2.27. The van der Waals surface area contributed by atoms with E-state index in [1.807, 2.05) is 0 Å². The maximum atomic E-state index is 13.2. The fraction of sp³-hybridized carbons (Fsp3) is 0.316. The Morgan fingerprint density at radius 2 is 1.46 bits per heavy atom. The number of hydrogen-bond donors (Lipinski definition) is 2. The molecule has 0 bridgehead atoms. The summed E-state index contributed by atoms with van der Waals surface area (Å²) >= 11 is 0. The second-order valence-corrected chi connectivity index (χ2v) is 6.31. The van der Waals surface area contributed by atoms with Gasteiger partial charge in [-0.3, -0.25) is 4.79 Å². The first-order valence-electron chi connectivity index (χ1n) is 8.10. The van der Waals surface area contributed by atoms with Gasteiger partial charge in [0.25, 0.3) is 0 Å². The molecule has 0 aliphatic heterocycles. The zero-order valence-corrected chi connectivity index (χ0v) is 13.2. The quantitative estimate of drug-likeness (QED) is 0.904. The van der Waals surface area contributed by atoms with Crippen LogP contribution >= 0.6 is 0 Å². The number of rotatable bonds is 4. The molecule has 2 aromatic carbocycles. The third kappa shape index (κ3) is 3.79. The predicted molar refractivity (Wildman–Crippen MR) is 88.1 cm³/mol. The highest BCUT2D eigenvalue weighted by atomic mass is 19.1. The molecule has 1 aliphatic rings. The summed E-state index contributed by atoms with van der Waals surface area (Å²) in [5.74, 6) is -0.862. The Labute approximate surface area is 139 Å². The van der Waals surface area contributed by atoms with Gasteiger partial charge in [0.1, 0.15) is 11.6 Å². The number of nitrogens with one attached hydrogen (secondary N) is 1. The van der Waals surface area contributed by atoms with Gasteiger partial charge in [0.2, 0.25) is 5.91 Å². The van der Waals surface area contributed by atoms with Gasteiger partial charge in [-0.2, -0.15) is 0 Å². The van der Waals surface area contributed by atoms with Gasteiger partial charge in [-0.05, 0) is 54.7 Å². The fourth-order valence-corrected chi connectivity index (χ4v) is 3.18. The molecule has 5 heteroatoms. The van der Waals surface area contributed by atoms with Crippen LogP contribution in [0.5, 0.6) is 0 Å². The van der Waals surface area contributed by atoms with Gasteiger partial charge in [0, 0.05) is 12.0 Å². The van der Waals surface area contributed by atoms with Crippen LogP contribution in [0.3, 0.4) is 0 Å². The average molecular weight is 330 g/mol. The minimum atomic E-state index is -0.449. The molecule has 0 spiro atoms. The molecule has 2 aromatic rings. The molecule has 1 fully saturated rings. The van der Waals surface area contributed by atoms with Gasteiger partial charge >= 0.3 is 0 Å². The van der Waals surface area contributed by atoms with Crippen molar-refractivity contribution in [2.45, 2.75) is 31.3 Å². The fourth-order valence-electron chi connectivity index (χ4n) is 3.18. The second kappa shape index (κ2) is 7.09. The first kappa shape index (κ1) is 16.6. The lowest BCUT2D eigenvalue weighted by atomic mass is 9.97. The van der Waals surface area contributed by atoms with Crippen molar-refractivity contribution in [1.82, 2.24) is 5.32 Å². The van der Waals surface area contributed by atoms with E-state index >= 15 is 0 Å². The van der Waals surface area contributed by atoms with E-state index in [1.165, 1.54) is 24.3 Å². The SMILES string of the molecule is NC1CCC(C(=O)NC(c2ccc(F)cc2)c2ccc(F)cc2)C1. The van der Waals surface area contributed by atoms with Crippen LogP contribution in [-0.4, -0.2) is 11.9 Å². The summed E-state index contributed by atoms with van der Waals surface area (Å²) in [5.41, 5.74) is 7.38. The molecular formula is C19H20F2N2O. The Morgan fingerprint density at radius 3 is 1.88 bits per heavy atom. The van der Waals surface area contributed by atoms with Gasteiger partial charge in [0.05, 0.1) is 6.04 Å². The van der Waals surface area contributed by atoms with E-state index in [0.717, 1.165) is 24.0 Å². The molecule has 1 amide bonds. The largest absolute Gasteiger partial charge is 0.345 e. The molecule has 2 unspecified atom stereocenters. The number of carbonyl (C=O) groups is 1. The second-order valence-electron chi connectivity index (χ2n) is 6.31. The first-order valence-corrected chi connectivity index (χ1v) is 8.10. The zero-order chi connectivity index (χ0) is 17.1. The van der Waals surface area contributed by atoms with Crippen molar-refractivity contribution >= 4 is 5.91 Å². The van der Waals surface area contributed by atoms with Gasteiger partial charge in [-0.15, -0.1) is 0 Å². The maximum absolute atomic E-state index is 13.2. The van der Waals surface area contributed by atoms with Crippen LogP contribution in [0.1, 0.15) is 36.4 Å². The summed E-state index contributed by atoms with van der Waals surface area (Å²) in [4.78, 5) is 12.6. The molecule has 2 atom stereocenters. The van der Waals surface area contributed by atoms with Crippen molar-refractivity contribution in [2.75, 3.05) is 0 Å². The highest BCUT2D eigenvalue weighted by Gasteiger charge is 2.29. The van der Waals surface area contributed by atoms with E-state index in [1.54, 1.807) is 24.3 Å². The third-order valence-corrected chi connectivity index (χ3v) is 4.54. The highest BCUT2D eigenvalue weighted by molar-refractivity contribution is 5.80. The summed E-state index contributed by atoms with van der Waals surface area (Å²) < 4.78 is 26.4. The zero-order valence-electron chi connectivity index (χ0n) is 13.2. The van der Waals surface area contributed by atoms with E-state index in [9.17, 15) is 13.6 Å². The van der Waals surface area contributed by atoms with Crippen molar-refractivity contribution in [1.29, 1.82) is 0 Å². The molecule has 3 rings (SSSR count). The maximum Gasteiger partial charge on any atom is 0.223 e. The molecule has 3 N–H and O–H groups in total. The minimum Gasteiger partial charge on any atom is -0.345 e. The third-order valence-electron chi connectivity index (χ3n) is 4.54. The van der Waals surface area contributed by atoms with Crippen LogP contribution in [-0.2, 0) is 4.79 Å². The van der Waals surface area contributed by atoms with Crippen molar-refractivity contribution in [3.8, 4) is 0 Å². The number of halogens is 2. The van der Waals surface area contributed by atoms with Crippen molar-refractivity contribution < 1.29 is 13.6 Å². The molecule has 1 saturated carbocycles. The minimum absolute atomic E-state index is 0.0656. The molecule has 0 aromatic heterocycles. The summed E-state index contributed by atoms with van der Waals surface area (Å²) in [7, 11) is 0. The Bertz CT molecular complexity index is 655. The molecule has 24 heavy (non-hydrogen) atoms. The van der Waals surface area contributed by atoms with Crippen molar-refractivity contribution in [3.63, 3.8) is 0 Å². The summed E-state index contributed by atoms with van der Waals surface area (Å²) in [6.07, 6.45) is 2.29. The Morgan fingerprint density at radius 1 is 0.958 bits per heavy atom. The van der Waals surface area contributed by atoms with Gasteiger partial charge in [0.15, 0.2) is 0 Å². The Balaban J connectivity index is 1.85. The number of nitrogens with two attached hydrogens (primary N) is 1. The van der Waals surface area contributed by atoms with E-state index in [4.69, 9.17) is 5.73 Å². The van der Waals surface area contributed by atoms with E-state index in [-0.39, 0.29) is 29.5 Å². The van der Waals surface area contributed by atoms with Gasteiger partial charge in [-0.25, -0.2) is 8.78 Å². The van der Waals surface area contributed by atoms with Crippen molar-refractivity contribution in [3.05, 3.63) is 71.3 Å². The highest BCUT2D eigenvalue weighted by Crippen LogP contribution is 2.27. The van der Waals surface area contributed by atoms with Crippen LogP contribution in [0.25, 0.3) is 0 Å². The molecule has 3 nitrogen and oxygen atoms in total. The van der Waals surface area contributed by atoms with Gasteiger partial charge in [-0.1, -0.05) is 24.3 Å². The monoisotopic (exact) mass is 330 g/mol. The number of amides is 1. The summed E-state index contributed by atoms with van der Waals surface area (Å²) in [6.45, 7) is 0.